The van der Waals surface area contributed by atoms with Gasteiger partial charge in [-0.15, -0.1) is 0 Å². The number of hydrogen-bond donors (Lipinski definition) is 0. The summed E-state index contributed by atoms with van der Waals surface area (Å²) in [4.78, 5) is 11.6. The van der Waals surface area contributed by atoms with Crippen LogP contribution in [0.3, 0.4) is 0 Å². The predicted molar refractivity (Wildman–Crippen MR) is 65.0 cm³/mol. The van der Waals surface area contributed by atoms with E-state index in [1.54, 1.807) is 14.0 Å². The maximum atomic E-state index is 11.6. The summed E-state index contributed by atoms with van der Waals surface area (Å²) in [6.45, 7) is 5.94. The molecular weight excluding hydrogens is 216 g/mol. The van der Waals surface area contributed by atoms with Crippen LogP contribution >= 0.6 is 0 Å². The summed E-state index contributed by atoms with van der Waals surface area (Å²) in [5, 5.41) is 0. The SMILES string of the molecule is C=C1CO[C@H](c2ccc(OC)cc2)[C@H]1C(C)=O. The Morgan fingerprint density at radius 1 is 1.41 bits per heavy atom. The van der Waals surface area contributed by atoms with Crippen LogP contribution < -0.4 is 4.74 Å². The van der Waals surface area contributed by atoms with Gasteiger partial charge < -0.3 is 9.47 Å². The van der Waals surface area contributed by atoms with Gasteiger partial charge in [0.05, 0.1) is 25.7 Å². The van der Waals surface area contributed by atoms with Crippen molar-refractivity contribution in [1.82, 2.24) is 0 Å². The van der Waals surface area contributed by atoms with Gasteiger partial charge >= 0.3 is 0 Å². The molecule has 1 aromatic rings. The largest absolute Gasteiger partial charge is 0.497 e. The maximum absolute atomic E-state index is 11.6. The van der Waals surface area contributed by atoms with E-state index < -0.39 is 0 Å². The first-order chi connectivity index (χ1) is 8.13. The average Bonchev–Trinajstić information content (AvgIpc) is 2.71. The highest BCUT2D eigenvalue weighted by Gasteiger charge is 2.35. The molecule has 0 bridgehead atoms. The summed E-state index contributed by atoms with van der Waals surface area (Å²) in [5.41, 5.74) is 1.85. The quantitative estimate of drug-likeness (QED) is 0.751. The molecule has 0 aliphatic carbocycles. The van der Waals surface area contributed by atoms with Gasteiger partial charge in [0.15, 0.2) is 0 Å². The Labute approximate surface area is 101 Å². The summed E-state index contributed by atoms with van der Waals surface area (Å²) in [6.07, 6.45) is -0.203. The molecule has 0 radical (unpaired) electrons. The number of ketones is 1. The van der Waals surface area contributed by atoms with E-state index in [4.69, 9.17) is 9.47 Å². The van der Waals surface area contributed by atoms with Crippen LogP contribution in [0.15, 0.2) is 36.4 Å². The third kappa shape index (κ3) is 2.24. The first-order valence-corrected chi connectivity index (χ1v) is 5.57. The van der Waals surface area contributed by atoms with Gasteiger partial charge in [0.2, 0.25) is 0 Å². The highest BCUT2D eigenvalue weighted by Crippen LogP contribution is 2.38. The Kier molecular flexibility index (Phi) is 3.29. The van der Waals surface area contributed by atoms with Crippen LogP contribution in [0.2, 0.25) is 0 Å². The Morgan fingerprint density at radius 2 is 2.06 bits per heavy atom. The van der Waals surface area contributed by atoms with Crippen LogP contribution in [0.4, 0.5) is 0 Å². The minimum Gasteiger partial charge on any atom is -0.497 e. The third-order valence-corrected chi connectivity index (χ3v) is 3.07. The fourth-order valence-electron chi connectivity index (χ4n) is 2.18. The van der Waals surface area contributed by atoms with Gasteiger partial charge in [0.1, 0.15) is 11.5 Å². The molecular formula is C14H16O3. The van der Waals surface area contributed by atoms with Crippen molar-refractivity contribution in [3.8, 4) is 5.75 Å². The first kappa shape index (κ1) is 11.9. The van der Waals surface area contributed by atoms with Crippen LogP contribution in [0, 0.1) is 5.92 Å². The third-order valence-electron chi connectivity index (χ3n) is 3.07. The molecule has 1 fully saturated rings. The molecule has 0 spiro atoms. The summed E-state index contributed by atoms with van der Waals surface area (Å²) in [6, 6.07) is 7.60. The Balaban J connectivity index is 2.26. The molecule has 2 rings (SSSR count). The van der Waals surface area contributed by atoms with Crippen molar-refractivity contribution in [2.75, 3.05) is 13.7 Å². The minimum atomic E-state index is -0.219. The van der Waals surface area contributed by atoms with Crippen molar-refractivity contribution in [3.63, 3.8) is 0 Å². The standard InChI is InChI=1S/C14H16O3/c1-9-8-17-14(13(9)10(2)15)11-4-6-12(16-3)7-5-11/h4-7,13-14H,1,8H2,2-3H3/t13-,14-/m1/s1. The minimum absolute atomic E-state index is 0.105. The van der Waals surface area contributed by atoms with Crippen molar-refractivity contribution in [3.05, 3.63) is 42.0 Å². The Bertz CT molecular complexity index is 433. The molecule has 1 aliphatic heterocycles. The second-order valence-corrected chi connectivity index (χ2v) is 4.25. The molecule has 1 saturated heterocycles. The van der Waals surface area contributed by atoms with E-state index in [-0.39, 0.29) is 17.8 Å². The second kappa shape index (κ2) is 4.72. The smallest absolute Gasteiger partial charge is 0.139 e. The van der Waals surface area contributed by atoms with Crippen molar-refractivity contribution in [2.45, 2.75) is 13.0 Å². The van der Waals surface area contributed by atoms with Crippen molar-refractivity contribution in [1.29, 1.82) is 0 Å². The zero-order valence-corrected chi connectivity index (χ0v) is 10.1. The van der Waals surface area contributed by atoms with E-state index in [2.05, 4.69) is 6.58 Å². The molecule has 17 heavy (non-hydrogen) atoms. The van der Waals surface area contributed by atoms with Gasteiger partial charge in [-0.1, -0.05) is 18.7 Å². The molecule has 3 nitrogen and oxygen atoms in total. The molecule has 90 valence electrons. The van der Waals surface area contributed by atoms with E-state index in [0.29, 0.717) is 6.61 Å². The summed E-state index contributed by atoms with van der Waals surface area (Å²) in [5.74, 6) is 0.682. The van der Waals surface area contributed by atoms with E-state index in [9.17, 15) is 4.79 Å². The molecule has 0 N–H and O–H groups in total. The van der Waals surface area contributed by atoms with E-state index in [0.717, 1.165) is 16.9 Å². The van der Waals surface area contributed by atoms with Gasteiger partial charge in [-0.3, -0.25) is 4.79 Å². The number of rotatable bonds is 3. The van der Waals surface area contributed by atoms with Crippen LogP contribution in [0.25, 0.3) is 0 Å². The van der Waals surface area contributed by atoms with Crippen molar-refractivity contribution in [2.24, 2.45) is 5.92 Å². The Hall–Kier alpha value is -1.61. The summed E-state index contributed by atoms with van der Waals surface area (Å²) >= 11 is 0. The normalized spacial score (nSPS) is 23.8. The number of methoxy groups -OCH3 is 1. The highest BCUT2D eigenvalue weighted by molar-refractivity contribution is 5.82. The van der Waals surface area contributed by atoms with Crippen LogP contribution in [0.5, 0.6) is 5.75 Å². The van der Waals surface area contributed by atoms with Crippen molar-refractivity contribution < 1.29 is 14.3 Å². The summed E-state index contributed by atoms with van der Waals surface area (Å²) < 4.78 is 10.7. The topological polar surface area (TPSA) is 35.5 Å². The zero-order valence-electron chi connectivity index (χ0n) is 10.1. The molecule has 1 aliphatic rings. The lowest BCUT2D eigenvalue weighted by atomic mass is 9.89. The monoisotopic (exact) mass is 232 g/mol. The lowest BCUT2D eigenvalue weighted by molar-refractivity contribution is -0.121. The van der Waals surface area contributed by atoms with E-state index >= 15 is 0 Å². The van der Waals surface area contributed by atoms with Crippen molar-refractivity contribution >= 4 is 5.78 Å². The van der Waals surface area contributed by atoms with Crippen LogP contribution in [-0.2, 0) is 9.53 Å². The number of hydrogen-bond acceptors (Lipinski definition) is 3. The summed E-state index contributed by atoms with van der Waals surface area (Å²) in [7, 11) is 1.63. The zero-order chi connectivity index (χ0) is 12.4. The number of carbonyl (C=O) groups is 1. The van der Waals surface area contributed by atoms with E-state index in [1.165, 1.54) is 0 Å². The van der Waals surface area contributed by atoms with Crippen LogP contribution in [0.1, 0.15) is 18.6 Å². The maximum Gasteiger partial charge on any atom is 0.139 e. The number of carbonyl (C=O) groups excluding carboxylic acids is 1. The molecule has 1 heterocycles. The molecule has 0 aromatic heterocycles. The van der Waals surface area contributed by atoms with Gasteiger partial charge in [-0.05, 0) is 30.2 Å². The molecule has 0 amide bonds. The fourth-order valence-corrected chi connectivity index (χ4v) is 2.18. The van der Waals surface area contributed by atoms with Gasteiger partial charge in [-0.2, -0.15) is 0 Å². The van der Waals surface area contributed by atoms with E-state index in [1.807, 2.05) is 24.3 Å². The lowest BCUT2D eigenvalue weighted by Crippen LogP contribution is -2.16. The molecule has 2 atom stereocenters. The second-order valence-electron chi connectivity index (χ2n) is 4.25. The van der Waals surface area contributed by atoms with Crippen LogP contribution in [-0.4, -0.2) is 19.5 Å². The van der Waals surface area contributed by atoms with Gasteiger partial charge in [0, 0.05) is 0 Å². The molecule has 1 aromatic carbocycles. The fraction of sp³-hybridized carbons (Fsp3) is 0.357. The first-order valence-electron chi connectivity index (χ1n) is 5.57. The number of Topliss-reactive ketones (excluding diaryl/α,β-unsaturated/α-hetero) is 1. The molecule has 3 heteroatoms. The average molecular weight is 232 g/mol. The predicted octanol–water partition coefficient (Wildman–Crippen LogP) is 2.53. The lowest BCUT2D eigenvalue weighted by Gasteiger charge is -2.16. The number of benzene rings is 1. The molecule has 0 unspecified atom stereocenters. The molecule has 0 saturated carbocycles. The highest BCUT2D eigenvalue weighted by atomic mass is 16.5. The van der Waals surface area contributed by atoms with Gasteiger partial charge in [-0.25, -0.2) is 0 Å². The van der Waals surface area contributed by atoms with Gasteiger partial charge in [0.25, 0.3) is 0 Å². The number of ether oxygens (including phenoxy) is 2. The Morgan fingerprint density at radius 3 is 2.59 bits per heavy atom.